The van der Waals surface area contributed by atoms with Crippen molar-refractivity contribution in [2.75, 3.05) is 13.3 Å². The maximum absolute atomic E-state index is 12.7. The third kappa shape index (κ3) is 4.32. The summed E-state index contributed by atoms with van der Waals surface area (Å²) in [6, 6.07) is 0. The first-order chi connectivity index (χ1) is 9.15. The molecule has 0 aromatic rings. The van der Waals surface area contributed by atoms with Gasteiger partial charge in [-0.3, -0.25) is 4.79 Å². The molecular formula is C11H15F4N3OS. The van der Waals surface area contributed by atoms with E-state index >= 15 is 0 Å². The van der Waals surface area contributed by atoms with Crippen LogP contribution in [0.25, 0.3) is 0 Å². The molecule has 0 saturated heterocycles. The van der Waals surface area contributed by atoms with Crippen LogP contribution in [0.1, 0.15) is 19.8 Å². The Balaban J connectivity index is 3.13. The average molecular weight is 313 g/mol. The van der Waals surface area contributed by atoms with E-state index in [1.807, 2.05) is 0 Å². The molecular weight excluding hydrogens is 298 g/mol. The third-order valence-corrected chi connectivity index (χ3v) is 3.37. The lowest BCUT2D eigenvalue weighted by atomic mass is 9.97. The molecule has 3 N–H and O–H groups in total. The Bertz CT molecular complexity index is 436. The monoisotopic (exact) mass is 313 g/mol. The van der Waals surface area contributed by atoms with Crippen LogP contribution in [0.2, 0.25) is 0 Å². The predicted octanol–water partition coefficient (Wildman–Crippen LogP) is 1.82. The zero-order valence-electron chi connectivity index (χ0n) is 10.8. The minimum Gasteiger partial charge on any atom is -0.369 e. The Morgan fingerprint density at radius 1 is 1.55 bits per heavy atom. The minimum absolute atomic E-state index is 0.0166. The van der Waals surface area contributed by atoms with Crippen molar-refractivity contribution in [3.8, 4) is 0 Å². The van der Waals surface area contributed by atoms with Gasteiger partial charge in [0, 0.05) is 12.2 Å². The summed E-state index contributed by atoms with van der Waals surface area (Å²) in [6.07, 6.45) is -5.65. The van der Waals surface area contributed by atoms with Crippen LogP contribution < -0.4 is 11.1 Å². The van der Waals surface area contributed by atoms with E-state index < -0.39 is 31.2 Å². The molecule has 1 atom stereocenters. The molecule has 1 aliphatic rings. The fourth-order valence-corrected chi connectivity index (χ4v) is 2.14. The van der Waals surface area contributed by atoms with Crippen LogP contribution in [0.15, 0.2) is 11.3 Å². The zero-order chi connectivity index (χ0) is 15.5. The predicted molar refractivity (Wildman–Crippen MR) is 69.1 cm³/mol. The molecule has 0 saturated carbocycles. The van der Waals surface area contributed by atoms with E-state index in [9.17, 15) is 22.4 Å². The quantitative estimate of drug-likeness (QED) is 0.472. The van der Waals surface area contributed by atoms with Gasteiger partial charge < -0.3 is 16.0 Å². The summed E-state index contributed by atoms with van der Waals surface area (Å²) in [5.74, 6) is -1.73. The number of hydrogen-bond acceptors (Lipinski definition) is 2. The van der Waals surface area contributed by atoms with Crippen molar-refractivity contribution >= 4 is 23.2 Å². The first-order valence-electron chi connectivity index (χ1n) is 5.85. The van der Waals surface area contributed by atoms with Gasteiger partial charge in [0.15, 0.2) is 11.9 Å². The lowest BCUT2D eigenvalue weighted by Crippen LogP contribution is -2.40. The molecule has 4 nitrogen and oxygen atoms in total. The summed E-state index contributed by atoms with van der Waals surface area (Å²) in [5.41, 5.74) is 5.13. The number of nitrogens with one attached hydrogen (secondary N) is 1. The van der Waals surface area contributed by atoms with E-state index in [4.69, 9.17) is 18.0 Å². The van der Waals surface area contributed by atoms with Crippen molar-refractivity contribution in [2.45, 2.75) is 25.9 Å². The van der Waals surface area contributed by atoms with Crippen LogP contribution >= 0.6 is 12.2 Å². The van der Waals surface area contributed by atoms with E-state index in [0.717, 1.165) is 4.90 Å². The van der Waals surface area contributed by atoms with Crippen molar-refractivity contribution in [1.29, 1.82) is 0 Å². The van der Waals surface area contributed by atoms with E-state index in [1.54, 1.807) is 0 Å². The van der Waals surface area contributed by atoms with Gasteiger partial charge in [0.05, 0.1) is 12.3 Å². The van der Waals surface area contributed by atoms with Crippen LogP contribution in [-0.2, 0) is 4.79 Å². The van der Waals surface area contributed by atoms with E-state index in [2.05, 4.69) is 5.32 Å². The number of amides is 1. The Hall–Kier alpha value is -1.38. The average Bonchev–Trinajstić information content (AvgIpc) is 2.46. The number of rotatable bonds is 4. The van der Waals surface area contributed by atoms with Crippen molar-refractivity contribution in [3.63, 3.8) is 0 Å². The topological polar surface area (TPSA) is 58.4 Å². The lowest BCUT2D eigenvalue weighted by molar-refractivity contribution is -0.128. The Labute approximate surface area is 119 Å². The third-order valence-electron chi connectivity index (χ3n) is 3.01. The Kier molecular flexibility index (Phi) is 5.32. The highest BCUT2D eigenvalue weighted by molar-refractivity contribution is 7.80. The highest BCUT2D eigenvalue weighted by Gasteiger charge is 2.33. The van der Waals surface area contributed by atoms with Gasteiger partial charge in [-0.15, -0.1) is 0 Å². The van der Waals surface area contributed by atoms with E-state index in [0.29, 0.717) is 0 Å². The summed E-state index contributed by atoms with van der Waals surface area (Å²) in [7, 11) is 0. The molecule has 1 aliphatic heterocycles. The molecule has 0 aromatic carbocycles. The van der Waals surface area contributed by atoms with Gasteiger partial charge in [0.25, 0.3) is 0 Å². The molecule has 114 valence electrons. The smallest absolute Gasteiger partial charge is 0.369 e. The SMILES string of the molecule is C[C@H](C(N)=O)C1=C(CC(F)(F)F)CCN(CF)C(=S)N1. The second-order valence-electron chi connectivity index (χ2n) is 4.50. The van der Waals surface area contributed by atoms with Crippen LogP contribution in [0.5, 0.6) is 0 Å². The van der Waals surface area contributed by atoms with E-state index in [-0.39, 0.29) is 29.3 Å². The van der Waals surface area contributed by atoms with Crippen LogP contribution in [0.4, 0.5) is 17.6 Å². The second-order valence-corrected chi connectivity index (χ2v) is 4.88. The van der Waals surface area contributed by atoms with Gasteiger partial charge in [0.2, 0.25) is 5.91 Å². The number of halogens is 4. The minimum atomic E-state index is -4.42. The summed E-state index contributed by atoms with van der Waals surface area (Å²) in [6.45, 7) is 0.487. The number of nitrogens with zero attached hydrogens (tertiary/aromatic N) is 1. The fourth-order valence-electron chi connectivity index (χ4n) is 1.89. The molecule has 0 radical (unpaired) electrons. The van der Waals surface area contributed by atoms with Gasteiger partial charge in [0.1, 0.15) is 0 Å². The first-order valence-corrected chi connectivity index (χ1v) is 6.26. The van der Waals surface area contributed by atoms with Crippen LogP contribution in [0.3, 0.4) is 0 Å². The van der Waals surface area contributed by atoms with Crippen molar-refractivity contribution in [3.05, 3.63) is 11.3 Å². The van der Waals surface area contributed by atoms with Crippen LogP contribution in [0, 0.1) is 5.92 Å². The van der Waals surface area contributed by atoms with Gasteiger partial charge in [-0.1, -0.05) is 0 Å². The van der Waals surface area contributed by atoms with Crippen molar-refractivity contribution in [1.82, 2.24) is 10.2 Å². The van der Waals surface area contributed by atoms with Gasteiger partial charge in [-0.05, 0) is 31.1 Å². The number of nitrogens with two attached hydrogens (primary N) is 1. The van der Waals surface area contributed by atoms with Gasteiger partial charge >= 0.3 is 6.18 Å². The summed E-state index contributed by atoms with van der Waals surface area (Å²) >= 11 is 4.90. The first kappa shape index (κ1) is 16.7. The number of carbonyl (C=O) groups is 1. The number of alkyl halides is 4. The molecule has 1 heterocycles. The standard InChI is InChI=1S/C11H15F4N3OS/c1-6(9(16)19)8-7(4-11(13,14)15)2-3-18(5-12)10(20)17-8/h6H,2-5H2,1H3,(H2,16,19)(H,17,20)/t6-/m0/s1. The Morgan fingerprint density at radius 3 is 2.60 bits per heavy atom. The Morgan fingerprint density at radius 2 is 2.15 bits per heavy atom. The molecule has 0 spiro atoms. The van der Waals surface area contributed by atoms with Gasteiger partial charge in [-0.25, -0.2) is 4.39 Å². The maximum Gasteiger partial charge on any atom is 0.392 e. The summed E-state index contributed by atoms with van der Waals surface area (Å²) < 4.78 is 50.5. The molecule has 0 fully saturated rings. The van der Waals surface area contributed by atoms with Crippen LogP contribution in [-0.4, -0.2) is 35.4 Å². The van der Waals surface area contributed by atoms with Gasteiger partial charge in [-0.2, -0.15) is 13.2 Å². The molecule has 0 unspecified atom stereocenters. The molecule has 0 aliphatic carbocycles. The molecule has 20 heavy (non-hydrogen) atoms. The number of primary amides is 1. The number of carbonyl (C=O) groups excluding carboxylic acids is 1. The molecule has 0 bridgehead atoms. The number of hydrogen-bond donors (Lipinski definition) is 2. The molecule has 1 rings (SSSR count). The lowest BCUT2D eigenvalue weighted by Gasteiger charge is -2.21. The highest BCUT2D eigenvalue weighted by atomic mass is 32.1. The second kappa shape index (κ2) is 6.38. The summed E-state index contributed by atoms with van der Waals surface area (Å²) in [4.78, 5) is 12.3. The number of thiocarbonyl (C=S) groups is 1. The van der Waals surface area contributed by atoms with Crippen molar-refractivity contribution in [2.24, 2.45) is 11.7 Å². The zero-order valence-corrected chi connectivity index (χ0v) is 11.6. The summed E-state index contributed by atoms with van der Waals surface area (Å²) in [5, 5.41) is 2.48. The maximum atomic E-state index is 12.7. The molecule has 0 aromatic heterocycles. The van der Waals surface area contributed by atoms with Crippen molar-refractivity contribution < 1.29 is 22.4 Å². The highest BCUT2D eigenvalue weighted by Crippen LogP contribution is 2.31. The molecule has 9 heteroatoms. The largest absolute Gasteiger partial charge is 0.392 e. The normalized spacial score (nSPS) is 18.6. The van der Waals surface area contributed by atoms with E-state index in [1.165, 1.54) is 6.92 Å². The molecule has 1 amide bonds. The fraction of sp³-hybridized carbons (Fsp3) is 0.636.